The number of furan rings is 1. The van der Waals surface area contributed by atoms with Gasteiger partial charge in [-0.3, -0.25) is 10.2 Å². The topological polar surface area (TPSA) is 97.5 Å². The molecule has 6 nitrogen and oxygen atoms in total. The standard InChI is InChI=1S/C13H15ClN2OS.CH4N2O/c1-9-6-10(17-7-9)8-18-13-11(14)4-3-5-12(13)16(2)15;2-3-1-4/h3-7H,8,15H2,1-2H3;1H,2H2,(H,3,4). The number of nitrogens with zero attached hydrogens (tertiary/aromatic N) is 1. The van der Waals surface area contributed by atoms with Crippen molar-refractivity contribution in [3.63, 3.8) is 0 Å². The van der Waals surface area contributed by atoms with Crippen LogP contribution in [0.4, 0.5) is 5.69 Å². The number of carbonyl (C=O) groups is 1. The molecule has 0 atom stereocenters. The Balaban J connectivity index is 0.000000541. The smallest absolute Gasteiger partial charge is 0.221 e. The predicted octanol–water partition coefficient (Wildman–Crippen LogP) is 2.45. The van der Waals surface area contributed by atoms with Crippen LogP contribution in [-0.2, 0) is 10.5 Å². The molecule has 5 N–H and O–H groups in total. The van der Waals surface area contributed by atoms with E-state index >= 15 is 0 Å². The summed E-state index contributed by atoms with van der Waals surface area (Å²) in [6.45, 7) is 2.01. The zero-order valence-electron chi connectivity index (χ0n) is 12.4. The number of rotatable bonds is 5. The maximum atomic E-state index is 8.94. The summed E-state index contributed by atoms with van der Waals surface area (Å²) in [6.07, 6.45) is 2.15. The van der Waals surface area contributed by atoms with E-state index in [-0.39, 0.29) is 0 Å². The molecule has 1 aromatic heterocycles. The fraction of sp³-hybridized carbons (Fsp3) is 0.214. The molecule has 1 amide bonds. The minimum atomic E-state index is 0.403. The first-order valence-electron chi connectivity index (χ1n) is 6.33. The fourth-order valence-corrected chi connectivity index (χ4v) is 2.96. The molecule has 0 radical (unpaired) electrons. The number of halogens is 1. The molecule has 22 heavy (non-hydrogen) atoms. The molecule has 0 bridgehead atoms. The summed E-state index contributed by atoms with van der Waals surface area (Å²) < 4.78 is 5.42. The van der Waals surface area contributed by atoms with E-state index in [1.54, 1.807) is 35.5 Å². The third-order valence-corrected chi connectivity index (χ3v) is 4.11. The number of hydrogen-bond acceptors (Lipinski definition) is 6. The summed E-state index contributed by atoms with van der Waals surface area (Å²) in [6, 6.07) is 7.73. The van der Waals surface area contributed by atoms with Crippen molar-refractivity contribution >= 4 is 35.5 Å². The molecule has 2 aromatic rings. The van der Waals surface area contributed by atoms with Crippen LogP contribution in [0.5, 0.6) is 0 Å². The molecule has 1 heterocycles. The van der Waals surface area contributed by atoms with Gasteiger partial charge in [0.25, 0.3) is 0 Å². The summed E-state index contributed by atoms with van der Waals surface area (Å²) in [5, 5.41) is 2.28. The lowest BCUT2D eigenvalue weighted by molar-refractivity contribution is -0.109. The number of hydrazine groups is 2. The van der Waals surface area contributed by atoms with Gasteiger partial charge in [0.15, 0.2) is 0 Å². The third kappa shape index (κ3) is 5.61. The van der Waals surface area contributed by atoms with E-state index in [9.17, 15) is 0 Å². The average molecular weight is 343 g/mol. The number of amides is 1. The monoisotopic (exact) mass is 342 g/mol. The first kappa shape index (κ1) is 18.4. The maximum absolute atomic E-state index is 8.94. The van der Waals surface area contributed by atoms with Gasteiger partial charge in [-0.25, -0.2) is 11.7 Å². The van der Waals surface area contributed by atoms with Crippen molar-refractivity contribution in [1.29, 1.82) is 0 Å². The van der Waals surface area contributed by atoms with Gasteiger partial charge >= 0.3 is 0 Å². The zero-order chi connectivity index (χ0) is 16.5. The van der Waals surface area contributed by atoms with Crippen LogP contribution in [-0.4, -0.2) is 13.5 Å². The number of anilines is 1. The summed E-state index contributed by atoms with van der Waals surface area (Å²) in [5.74, 6) is 11.9. The fourth-order valence-electron chi connectivity index (χ4n) is 1.63. The number of nitrogens with one attached hydrogen (secondary N) is 1. The normalized spacial score (nSPS) is 9.68. The van der Waals surface area contributed by atoms with E-state index in [1.807, 2.05) is 31.2 Å². The lowest BCUT2D eigenvalue weighted by atomic mass is 10.3. The summed E-state index contributed by atoms with van der Waals surface area (Å²) in [5.41, 5.74) is 3.79. The van der Waals surface area contributed by atoms with E-state index in [0.29, 0.717) is 11.4 Å². The largest absolute Gasteiger partial charge is 0.468 e. The molecule has 2 rings (SSSR count). The lowest BCUT2D eigenvalue weighted by Gasteiger charge is -2.17. The van der Waals surface area contributed by atoms with Gasteiger partial charge in [0.2, 0.25) is 6.41 Å². The Hall–Kier alpha value is -1.67. The second-order valence-corrected chi connectivity index (χ2v) is 5.76. The van der Waals surface area contributed by atoms with E-state index in [2.05, 4.69) is 5.84 Å². The molecule has 0 saturated heterocycles. The molecule has 1 aromatic carbocycles. The van der Waals surface area contributed by atoms with Crippen molar-refractivity contribution in [1.82, 2.24) is 5.43 Å². The second kappa shape index (κ2) is 9.37. The van der Waals surface area contributed by atoms with Gasteiger partial charge in [0, 0.05) is 7.05 Å². The van der Waals surface area contributed by atoms with Crippen LogP contribution in [0.3, 0.4) is 0 Å². The highest BCUT2D eigenvalue weighted by molar-refractivity contribution is 7.98. The van der Waals surface area contributed by atoms with Crippen molar-refractivity contribution in [2.24, 2.45) is 11.7 Å². The maximum Gasteiger partial charge on any atom is 0.221 e. The highest BCUT2D eigenvalue weighted by Crippen LogP contribution is 2.37. The van der Waals surface area contributed by atoms with Gasteiger partial charge in [0.1, 0.15) is 5.76 Å². The van der Waals surface area contributed by atoms with Gasteiger partial charge in [-0.1, -0.05) is 17.7 Å². The highest BCUT2D eigenvalue weighted by Gasteiger charge is 2.11. The Morgan fingerprint density at radius 2 is 2.18 bits per heavy atom. The zero-order valence-corrected chi connectivity index (χ0v) is 13.9. The molecule has 120 valence electrons. The number of hydrogen-bond donors (Lipinski definition) is 3. The SMILES string of the molecule is Cc1coc(CSc2c(Cl)cccc2N(C)N)c1.NNC=O. The Morgan fingerprint density at radius 1 is 1.50 bits per heavy atom. The van der Waals surface area contributed by atoms with Crippen LogP contribution in [0.15, 0.2) is 39.8 Å². The molecule has 0 aliphatic carbocycles. The van der Waals surface area contributed by atoms with Crippen LogP contribution >= 0.6 is 23.4 Å². The Morgan fingerprint density at radius 3 is 2.68 bits per heavy atom. The lowest BCUT2D eigenvalue weighted by Crippen LogP contribution is -2.25. The quantitative estimate of drug-likeness (QED) is 0.254. The van der Waals surface area contributed by atoms with Gasteiger partial charge < -0.3 is 9.43 Å². The molecule has 8 heteroatoms. The van der Waals surface area contributed by atoms with E-state index < -0.39 is 0 Å². The van der Waals surface area contributed by atoms with Gasteiger partial charge in [-0.15, -0.1) is 11.8 Å². The first-order valence-corrected chi connectivity index (χ1v) is 7.69. The van der Waals surface area contributed by atoms with E-state index in [0.717, 1.165) is 27.7 Å². The molecule has 0 aliphatic rings. The molecule has 0 fully saturated rings. The Bertz CT molecular complexity index is 604. The Kier molecular flexibility index (Phi) is 7.83. The number of benzene rings is 1. The minimum absolute atomic E-state index is 0.403. The van der Waals surface area contributed by atoms with E-state index in [4.69, 9.17) is 26.7 Å². The highest BCUT2D eigenvalue weighted by atomic mass is 35.5. The first-order chi connectivity index (χ1) is 10.5. The van der Waals surface area contributed by atoms with Gasteiger partial charge in [-0.2, -0.15) is 0 Å². The molecule has 0 saturated carbocycles. The van der Waals surface area contributed by atoms with Crippen LogP contribution in [0.2, 0.25) is 5.02 Å². The van der Waals surface area contributed by atoms with Crippen molar-refractivity contribution < 1.29 is 9.21 Å². The minimum Gasteiger partial charge on any atom is -0.468 e. The second-order valence-electron chi connectivity index (χ2n) is 4.36. The number of aryl methyl sites for hydroxylation is 1. The van der Waals surface area contributed by atoms with Crippen molar-refractivity contribution in [3.05, 3.63) is 46.9 Å². The van der Waals surface area contributed by atoms with Crippen molar-refractivity contribution in [3.8, 4) is 0 Å². The molecular formula is C14H19ClN4O2S. The third-order valence-electron chi connectivity index (χ3n) is 2.54. The van der Waals surface area contributed by atoms with Crippen LogP contribution < -0.4 is 22.1 Å². The van der Waals surface area contributed by atoms with Crippen LogP contribution in [0.25, 0.3) is 0 Å². The van der Waals surface area contributed by atoms with Crippen molar-refractivity contribution in [2.45, 2.75) is 17.6 Å². The molecule has 0 unspecified atom stereocenters. The van der Waals surface area contributed by atoms with Crippen molar-refractivity contribution in [2.75, 3.05) is 12.1 Å². The molecular weight excluding hydrogens is 324 g/mol. The summed E-state index contributed by atoms with van der Waals surface area (Å²) >= 11 is 7.83. The average Bonchev–Trinajstić information content (AvgIpc) is 2.91. The number of nitrogens with two attached hydrogens (primary N) is 2. The predicted molar refractivity (Wildman–Crippen MR) is 90.4 cm³/mol. The van der Waals surface area contributed by atoms with Gasteiger partial charge in [0.05, 0.1) is 27.6 Å². The van der Waals surface area contributed by atoms with Crippen LogP contribution in [0.1, 0.15) is 11.3 Å². The number of carbonyl (C=O) groups excluding carboxylic acids is 1. The Labute approximate surface area is 138 Å². The van der Waals surface area contributed by atoms with Gasteiger partial charge in [-0.05, 0) is 30.7 Å². The summed E-state index contributed by atoms with van der Waals surface area (Å²) in [4.78, 5) is 9.91. The van der Waals surface area contributed by atoms with E-state index in [1.165, 1.54) is 0 Å². The molecule has 0 aliphatic heterocycles. The van der Waals surface area contributed by atoms with Crippen LogP contribution in [0, 0.1) is 6.92 Å². The molecule has 0 spiro atoms. The summed E-state index contributed by atoms with van der Waals surface area (Å²) in [7, 11) is 1.80. The number of thioether (sulfide) groups is 1.